The van der Waals surface area contributed by atoms with Crippen LogP contribution in [0.4, 0.5) is 28.3 Å². The van der Waals surface area contributed by atoms with E-state index in [1.807, 2.05) is 96.4 Å². The molecule has 0 fully saturated rings. The van der Waals surface area contributed by atoms with Crippen LogP contribution in [0.25, 0.3) is 0 Å². The maximum absolute atomic E-state index is 12.7. The van der Waals surface area contributed by atoms with Crippen molar-refractivity contribution < 1.29 is 69.6 Å². The first-order valence-electron chi connectivity index (χ1n) is 26.4. The van der Waals surface area contributed by atoms with Crippen LogP contribution in [-0.4, -0.2) is 230 Å². The first-order chi connectivity index (χ1) is 37.7. The number of carboxylic acid groups (broad SMARTS) is 4. The zero-order valence-electron chi connectivity index (χ0n) is 47.1. The summed E-state index contributed by atoms with van der Waals surface area (Å²) in [5, 5.41) is 95.4. The van der Waals surface area contributed by atoms with Gasteiger partial charge in [0.25, 0.3) is 0 Å². The fraction of sp³-hybridized carbons (Fsp3) is 0.566. The number of aliphatic hydroxyl groups is 4. The maximum atomic E-state index is 12.7. The molecular formula is C53H83N13O14. The van der Waals surface area contributed by atoms with Gasteiger partial charge in [0.2, 0.25) is 23.8 Å². The minimum Gasteiger partial charge on any atom is -0.511 e. The summed E-state index contributed by atoms with van der Waals surface area (Å²) in [6.07, 6.45) is 5.59. The number of hydrogen-bond acceptors (Lipinski definition) is 20. The Morgan fingerprint density at radius 2 is 1.20 bits per heavy atom. The number of likely N-dealkylation sites (N-methyl/N-ethyl adjacent to an activating group) is 4. The number of nitrogens with zero attached hydrogens (tertiary/aromatic N) is 8. The van der Waals surface area contributed by atoms with Crippen LogP contribution in [0, 0.1) is 5.41 Å². The van der Waals surface area contributed by atoms with E-state index in [1.54, 1.807) is 43.3 Å². The van der Waals surface area contributed by atoms with Crippen molar-refractivity contribution in [2.45, 2.75) is 96.3 Å². The van der Waals surface area contributed by atoms with Gasteiger partial charge in [0, 0.05) is 58.3 Å². The Bertz CT molecular complexity index is 2480. The van der Waals surface area contributed by atoms with Gasteiger partial charge < -0.3 is 72.3 Å². The SMILES string of the molecule is CCN(CC)C/C(O)=C\C1(/C=C(/O)CN(C)C(C)Cc2ccc(Nc3nc(NCCCC[C@H](NC(=O)CC[C@H](NC(=O)N[C@@H](CCC(=O)O)C(=O)O)C(=O)O)C(=O)O)nc(N(C)C)n3)cc2)/C=C(/O)CN(C)CCN(C)C/C(O)=C\1. The summed E-state index contributed by atoms with van der Waals surface area (Å²) in [7, 11) is 9.18. The fourth-order valence-corrected chi connectivity index (χ4v) is 8.39. The Hall–Kier alpha value is -7.75. The third-order valence-corrected chi connectivity index (χ3v) is 13.0. The molecule has 13 N–H and O–H groups in total. The minimum absolute atomic E-state index is 0.0133. The van der Waals surface area contributed by atoms with Crippen LogP contribution >= 0.6 is 0 Å². The van der Waals surface area contributed by atoms with Crippen molar-refractivity contribution in [2.24, 2.45) is 5.41 Å². The summed E-state index contributed by atoms with van der Waals surface area (Å²) in [6, 6.07) is 1.81. The van der Waals surface area contributed by atoms with E-state index in [4.69, 9.17) is 5.11 Å². The highest BCUT2D eigenvalue weighted by Crippen LogP contribution is 2.32. The molecule has 1 aliphatic heterocycles. The van der Waals surface area contributed by atoms with Gasteiger partial charge in [0.15, 0.2) is 0 Å². The Kier molecular flexibility index (Phi) is 27.4. The van der Waals surface area contributed by atoms with Crippen LogP contribution in [0.5, 0.6) is 0 Å². The number of urea groups is 1. The van der Waals surface area contributed by atoms with E-state index >= 15 is 0 Å². The Morgan fingerprint density at radius 1 is 0.688 bits per heavy atom. The van der Waals surface area contributed by atoms with Crippen molar-refractivity contribution in [3.63, 3.8) is 0 Å². The molecule has 0 aliphatic carbocycles. The van der Waals surface area contributed by atoms with Crippen molar-refractivity contribution in [2.75, 3.05) is 110 Å². The standard InChI is InChI=1S/C53H83N13O14/c1-9-66(10-2)33-40(70)29-53(26-37(67)30-63(6)23-24-64(7)31-38(68)27-53)28-39(69)32-65(8)34(3)25-35-14-16-36(17-15-35)55-50-59-49(60-51(61-50)62(4)5)54-22-12-11-13-41(46(74)75)56-44(71)20-18-42(47(76)77)57-52(80)58-43(48(78)79)19-21-45(72)73/h14-17,26-29,34,41-43,67-70H,9-13,18-25,30-33H2,1-8H3,(H,56,71)(H,72,73)(H,74,75)(H,76,77)(H,78,79)(H2,57,58,80)(H2,54,55,59,60,61)/b37-26+,38-27+,39-28+,40-29+/t34?,41-,42-,43-/m0/s1. The second kappa shape index (κ2) is 33.0. The van der Waals surface area contributed by atoms with Crippen molar-refractivity contribution in [3.05, 3.63) is 77.2 Å². The van der Waals surface area contributed by atoms with Gasteiger partial charge in [0.05, 0.1) is 31.6 Å². The third kappa shape index (κ3) is 24.5. The van der Waals surface area contributed by atoms with E-state index in [9.17, 15) is 64.5 Å². The molecule has 80 heavy (non-hydrogen) atoms. The van der Waals surface area contributed by atoms with Gasteiger partial charge in [-0.2, -0.15) is 15.0 Å². The van der Waals surface area contributed by atoms with E-state index in [0.29, 0.717) is 63.6 Å². The van der Waals surface area contributed by atoms with Crippen molar-refractivity contribution in [1.29, 1.82) is 0 Å². The molecule has 27 nitrogen and oxygen atoms in total. The zero-order chi connectivity index (χ0) is 59.7. The lowest BCUT2D eigenvalue weighted by molar-refractivity contribution is -0.142. The summed E-state index contributed by atoms with van der Waals surface area (Å²) < 4.78 is 0. The molecule has 1 aliphatic rings. The van der Waals surface area contributed by atoms with Gasteiger partial charge in [-0.25, -0.2) is 19.2 Å². The number of amides is 3. The fourth-order valence-electron chi connectivity index (χ4n) is 8.39. The van der Waals surface area contributed by atoms with E-state index in [0.717, 1.165) is 5.56 Å². The monoisotopic (exact) mass is 1130 g/mol. The molecule has 1 aromatic carbocycles. The second-order valence-corrected chi connectivity index (χ2v) is 20.2. The number of allylic oxidation sites excluding steroid dienone is 4. The quantitative estimate of drug-likeness (QED) is 0.0368. The molecule has 0 saturated heterocycles. The third-order valence-electron chi connectivity index (χ3n) is 13.0. The van der Waals surface area contributed by atoms with Crippen LogP contribution in [0.3, 0.4) is 0 Å². The number of carbonyl (C=O) groups excluding carboxylic acids is 2. The number of anilines is 4. The summed E-state index contributed by atoms with van der Waals surface area (Å²) in [6.45, 7) is 9.79. The normalized spacial score (nSPS) is 18.7. The molecule has 3 rings (SSSR count). The molecule has 444 valence electrons. The highest BCUT2D eigenvalue weighted by Gasteiger charge is 2.29. The number of unbranched alkanes of at least 4 members (excludes halogenated alkanes) is 1. The van der Waals surface area contributed by atoms with Gasteiger partial charge in [0.1, 0.15) is 41.2 Å². The summed E-state index contributed by atoms with van der Waals surface area (Å²) in [5.74, 6) is -5.66. The van der Waals surface area contributed by atoms with Crippen molar-refractivity contribution >= 4 is 59.3 Å². The molecule has 3 amide bonds. The van der Waals surface area contributed by atoms with Crippen LogP contribution in [0.2, 0.25) is 0 Å². The molecule has 2 heterocycles. The zero-order valence-corrected chi connectivity index (χ0v) is 47.1. The predicted octanol–water partition coefficient (Wildman–Crippen LogP) is 3.52. The minimum atomic E-state index is -1.65. The van der Waals surface area contributed by atoms with E-state index in [2.05, 4.69) is 30.9 Å². The molecule has 1 aromatic heterocycles. The first-order valence-corrected chi connectivity index (χ1v) is 26.4. The summed E-state index contributed by atoms with van der Waals surface area (Å²) in [4.78, 5) is 94.1. The van der Waals surface area contributed by atoms with Gasteiger partial charge in [-0.05, 0) is 122 Å². The lowest BCUT2D eigenvalue weighted by Crippen LogP contribution is -2.51. The lowest BCUT2D eigenvalue weighted by Gasteiger charge is -2.27. The molecule has 0 spiro atoms. The highest BCUT2D eigenvalue weighted by atomic mass is 16.4. The van der Waals surface area contributed by atoms with E-state index in [-0.39, 0.29) is 73.6 Å². The average Bonchev–Trinajstić information content (AvgIpc) is 3.38. The largest absolute Gasteiger partial charge is 0.511 e. The summed E-state index contributed by atoms with van der Waals surface area (Å²) >= 11 is 0. The molecule has 4 atom stereocenters. The number of aromatic nitrogens is 3. The van der Waals surface area contributed by atoms with Crippen molar-refractivity contribution in [3.8, 4) is 0 Å². The molecule has 27 heteroatoms. The predicted molar refractivity (Wildman–Crippen MR) is 300 cm³/mol. The summed E-state index contributed by atoms with van der Waals surface area (Å²) in [5.41, 5.74) is 0.310. The second-order valence-electron chi connectivity index (χ2n) is 20.2. The van der Waals surface area contributed by atoms with Crippen LogP contribution in [0.15, 0.2) is 71.6 Å². The van der Waals surface area contributed by atoms with Gasteiger partial charge in [-0.1, -0.05) is 26.0 Å². The molecule has 0 bridgehead atoms. The number of carbonyl (C=O) groups is 6. The Balaban J connectivity index is 1.62. The van der Waals surface area contributed by atoms with Gasteiger partial charge >= 0.3 is 29.9 Å². The number of aliphatic carboxylic acids is 4. The molecule has 0 radical (unpaired) electrons. The average molecular weight is 1130 g/mol. The number of nitrogens with one attached hydrogen (secondary N) is 5. The van der Waals surface area contributed by atoms with Crippen LogP contribution < -0.4 is 31.5 Å². The smallest absolute Gasteiger partial charge is 0.326 e. The van der Waals surface area contributed by atoms with Crippen LogP contribution in [0.1, 0.15) is 71.3 Å². The van der Waals surface area contributed by atoms with Crippen molar-refractivity contribution in [1.82, 2.24) is 50.5 Å². The maximum Gasteiger partial charge on any atom is 0.326 e. The van der Waals surface area contributed by atoms with Gasteiger partial charge in [-0.3, -0.25) is 29.2 Å². The van der Waals surface area contributed by atoms with Crippen LogP contribution in [-0.2, 0) is 30.4 Å². The number of benzene rings is 1. The number of aliphatic hydroxyl groups excluding tert-OH is 4. The molecule has 0 saturated carbocycles. The first kappa shape index (κ1) is 66.5. The lowest BCUT2D eigenvalue weighted by atomic mass is 9.84. The number of carboxylic acids is 4. The molecular weight excluding hydrogens is 1040 g/mol. The topological polar surface area (TPSA) is 379 Å². The Morgan fingerprint density at radius 3 is 1.71 bits per heavy atom. The van der Waals surface area contributed by atoms with Gasteiger partial charge in [-0.15, -0.1) is 0 Å². The van der Waals surface area contributed by atoms with E-state index < -0.39 is 85.0 Å². The Labute approximate surface area is 466 Å². The molecule has 2 aromatic rings. The number of hydrogen-bond donors (Lipinski definition) is 13. The highest BCUT2D eigenvalue weighted by molar-refractivity contribution is 5.87. The van der Waals surface area contributed by atoms with E-state index in [1.165, 1.54) is 0 Å². The number of rotatable bonds is 32. The molecule has 1 unspecified atom stereocenters.